The summed E-state index contributed by atoms with van der Waals surface area (Å²) in [5.74, 6) is -0.933. The molecular weight excluding hydrogens is 534 g/mol. The standard InChI is InChI=1S/C7H4I3NO2.Na.H/c8-2-1-3(9)6(11)5(10)4(2)7(12)13;;/h1H,11H2,(H,12,13);;/q;+1;-1. The second kappa shape index (κ2) is 6.42. The van der Waals surface area contributed by atoms with Crippen LogP contribution in [-0.2, 0) is 0 Å². The summed E-state index contributed by atoms with van der Waals surface area (Å²) in [6.07, 6.45) is 0. The van der Waals surface area contributed by atoms with Gasteiger partial charge in [-0.3, -0.25) is 0 Å². The summed E-state index contributed by atoms with van der Waals surface area (Å²) in [7, 11) is 0. The molecule has 3 N–H and O–H groups in total. The summed E-state index contributed by atoms with van der Waals surface area (Å²) < 4.78 is 2.21. The maximum Gasteiger partial charge on any atom is 1.00 e. The van der Waals surface area contributed by atoms with E-state index in [0.29, 0.717) is 18.4 Å². The molecule has 1 rings (SSSR count). The average Bonchev–Trinajstić information content (AvgIpc) is 1.99. The number of halogens is 3. The fourth-order valence-electron chi connectivity index (χ4n) is 0.802. The molecule has 0 radical (unpaired) electrons. The number of carboxylic acids is 1. The molecule has 3 nitrogen and oxygen atoms in total. The van der Waals surface area contributed by atoms with Crippen LogP contribution in [0.1, 0.15) is 11.8 Å². The summed E-state index contributed by atoms with van der Waals surface area (Å²) >= 11 is 6.04. The first-order valence-corrected chi connectivity index (χ1v) is 6.35. The van der Waals surface area contributed by atoms with Gasteiger partial charge in [0.05, 0.1) is 14.8 Å². The predicted octanol–water partition coefficient (Wildman–Crippen LogP) is -0.103. The normalized spacial score (nSPS) is 9.36. The summed E-state index contributed by atoms with van der Waals surface area (Å²) in [5.41, 5.74) is 6.54. The zero-order valence-electron chi connectivity index (χ0n) is 8.14. The van der Waals surface area contributed by atoms with Crippen molar-refractivity contribution < 1.29 is 40.9 Å². The van der Waals surface area contributed by atoms with Gasteiger partial charge >= 0.3 is 35.5 Å². The zero-order chi connectivity index (χ0) is 10.2. The Morgan fingerprint density at radius 1 is 1.36 bits per heavy atom. The molecule has 0 amide bonds. The maximum atomic E-state index is 10.8. The van der Waals surface area contributed by atoms with E-state index in [2.05, 4.69) is 22.6 Å². The molecule has 0 spiro atoms. The van der Waals surface area contributed by atoms with Gasteiger partial charge in [0, 0.05) is 7.14 Å². The second-order valence-corrected chi connectivity index (χ2v) is 5.65. The molecule has 0 atom stereocenters. The molecule has 0 saturated heterocycles. The van der Waals surface area contributed by atoms with E-state index in [1.165, 1.54) is 0 Å². The minimum Gasteiger partial charge on any atom is -1.00 e. The first-order chi connectivity index (χ1) is 5.95. The molecule has 7 heteroatoms. The van der Waals surface area contributed by atoms with Crippen molar-refractivity contribution in [3.8, 4) is 0 Å². The van der Waals surface area contributed by atoms with Gasteiger partial charge in [-0.05, 0) is 73.8 Å². The molecule has 0 aliphatic rings. The van der Waals surface area contributed by atoms with E-state index in [-0.39, 0.29) is 31.0 Å². The molecule has 0 fully saturated rings. The first kappa shape index (κ1) is 15.7. The zero-order valence-corrected chi connectivity index (χ0v) is 15.6. The van der Waals surface area contributed by atoms with E-state index in [4.69, 9.17) is 10.8 Å². The third-order valence-corrected chi connectivity index (χ3v) is 4.28. The van der Waals surface area contributed by atoms with Crippen LogP contribution in [0, 0.1) is 10.7 Å². The summed E-state index contributed by atoms with van der Waals surface area (Å²) in [4.78, 5) is 10.8. The van der Waals surface area contributed by atoms with E-state index < -0.39 is 5.97 Å². The van der Waals surface area contributed by atoms with Gasteiger partial charge in [-0.25, -0.2) is 4.79 Å². The quantitative estimate of drug-likeness (QED) is 0.298. The molecular formula is C7H5I3NNaO2. The summed E-state index contributed by atoms with van der Waals surface area (Å²) in [6.45, 7) is 0. The molecule has 0 aliphatic heterocycles. The minimum atomic E-state index is -0.933. The Labute approximate surface area is 146 Å². The Kier molecular flexibility index (Phi) is 7.19. The first-order valence-electron chi connectivity index (χ1n) is 3.11. The van der Waals surface area contributed by atoms with Crippen molar-refractivity contribution in [2.45, 2.75) is 0 Å². The molecule has 14 heavy (non-hydrogen) atoms. The number of aromatic carboxylic acids is 1. The van der Waals surface area contributed by atoms with Crippen molar-refractivity contribution in [3.05, 3.63) is 22.3 Å². The topological polar surface area (TPSA) is 63.3 Å². The van der Waals surface area contributed by atoms with E-state index >= 15 is 0 Å². The summed E-state index contributed by atoms with van der Waals surface area (Å²) in [5, 5.41) is 8.89. The van der Waals surface area contributed by atoms with Crippen LogP contribution in [0.2, 0.25) is 0 Å². The Balaban J connectivity index is 0. The number of hydrogen-bond donors (Lipinski definition) is 2. The van der Waals surface area contributed by atoms with Crippen molar-refractivity contribution in [1.29, 1.82) is 0 Å². The molecule has 0 unspecified atom stereocenters. The molecule has 0 saturated carbocycles. The summed E-state index contributed by atoms with van der Waals surface area (Å²) in [6, 6.07) is 1.77. The second-order valence-electron chi connectivity index (χ2n) is 2.25. The van der Waals surface area contributed by atoms with Crippen LogP contribution in [0.15, 0.2) is 6.07 Å². The third-order valence-electron chi connectivity index (χ3n) is 1.42. The van der Waals surface area contributed by atoms with Crippen LogP contribution in [0.5, 0.6) is 0 Å². The molecule has 0 aliphatic carbocycles. The third kappa shape index (κ3) is 3.34. The van der Waals surface area contributed by atoms with Gasteiger partial charge in [0.1, 0.15) is 0 Å². The van der Waals surface area contributed by atoms with Crippen LogP contribution < -0.4 is 35.3 Å². The van der Waals surface area contributed by atoms with Crippen molar-refractivity contribution in [1.82, 2.24) is 0 Å². The predicted molar refractivity (Wildman–Crippen MR) is 77.1 cm³/mol. The van der Waals surface area contributed by atoms with Gasteiger partial charge in [-0.2, -0.15) is 0 Å². The number of carboxylic acid groups (broad SMARTS) is 1. The van der Waals surface area contributed by atoms with Crippen LogP contribution in [0.4, 0.5) is 5.69 Å². The van der Waals surface area contributed by atoms with Gasteiger partial charge in [0.15, 0.2) is 0 Å². The molecule has 0 aromatic heterocycles. The number of nitrogen functional groups attached to an aromatic ring is 1. The van der Waals surface area contributed by atoms with Crippen molar-refractivity contribution in [2.75, 3.05) is 5.73 Å². The molecule has 0 bridgehead atoms. The Bertz CT molecular complexity index is 389. The molecule has 72 valence electrons. The number of carbonyl (C=O) groups is 1. The number of hydrogen-bond acceptors (Lipinski definition) is 2. The maximum absolute atomic E-state index is 10.8. The number of benzene rings is 1. The van der Waals surface area contributed by atoms with Gasteiger partial charge in [-0.15, -0.1) is 0 Å². The van der Waals surface area contributed by atoms with E-state index in [1.54, 1.807) is 6.07 Å². The fourth-order valence-corrected chi connectivity index (χ4v) is 4.63. The molecule has 1 aromatic carbocycles. The van der Waals surface area contributed by atoms with Crippen LogP contribution in [0.25, 0.3) is 0 Å². The SMILES string of the molecule is Nc1c(I)cc(I)c(C(=O)O)c1I.[H-].[Na+]. The monoisotopic (exact) mass is 539 g/mol. The smallest absolute Gasteiger partial charge is 1.00 e. The van der Waals surface area contributed by atoms with Crippen LogP contribution in [-0.4, -0.2) is 11.1 Å². The van der Waals surface area contributed by atoms with Crippen LogP contribution in [0.3, 0.4) is 0 Å². The molecule has 0 heterocycles. The Morgan fingerprint density at radius 3 is 2.29 bits per heavy atom. The molecule has 1 aromatic rings. The fraction of sp³-hybridized carbons (Fsp3) is 0. The van der Waals surface area contributed by atoms with Crippen molar-refractivity contribution in [3.63, 3.8) is 0 Å². The largest absolute Gasteiger partial charge is 1.00 e. The average molecular weight is 539 g/mol. The van der Waals surface area contributed by atoms with E-state index in [0.717, 1.165) is 3.57 Å². The number of nitrogens with two attached hydrogens (primary N) is 1. The van der Waals surface area contributed by atoms with Crippen LogP contribution >= 0.6 is 67.8 Å². The Hall–Kier alpha value is 1.68. The van der Waals surface area contributed by atoms with E-state index in [1.807, 2.05) is 45.2 Å². The van der Waals surface area contributed by atoms with Crippen molar-refractivity contribution in [2.24, 2.45) is 0 Å². The van der Waals surface area contributed by atoms with Gasteiger partial charge < -0.3 is 12.3 Å². The van der Waals surface area contributed by atoms with E-state index in [9.17, 15) is 4.79 Å². The van der Waals surface area contributed by atoms with Gasteiger partial charge in [0.25, 0.3) is 0 Å². The number of rotatable bonds is 1. The Morgan fingerprint density at radius 2 is 1.86 bits per heavy atom. The van der Waals surface area contributed by atoms with Crippen molar-refractivity contribution >= 4 is 79.4 Å². The minimum absolute atomic E-state index is 0. The number of anilines is 1. The van der Waals surface area contributed by atoms with Gasteiger partial charge in [0.2, 0.25) is 0 Å². The van der Waals surface area contributed by atoms with Gasteiger partial charge in [-0.1, -0.05) is 0 Å².